The maximum Gasteiger partial charge on any atom is 0.266 e. The Morgan fingerprint density at radius 3 is 2.95 bits per heavy atom. The Bertz CT molecular complexity index is 693. The van der Waals surface area contributed by atoms with E-state index in [4.69, 9.17) is 16.1 Å². The molecule has 1 aromatic carbocycles. The molecule has 6 heteroatoms. The number of rotatable bonds is 2. The van der Waals surface area contributed by atoms with E-state index in [-0.39, 0.29) is 5.91 Å². The number of nitrogens with one attached hydrogen (secondary N) is 1. The molecule has 102 valence electrons. The van der Waals surface area contributed by atoms with Gasteiger partial charge in [0, 0.05) is 17.0 Å². The maximum atomic E-state index is 11.7. The number of halogens is 1. The van der Waals surface area contributed by atoms with Crippen LogP contribution in [-0.4, -0.2) is 17.3 Å². The highest BCUT2D eigenvalue weighted by molar-refractivity contribution is 6.33. The fraction of sp³-hybridized carbons (Fsp3) is 0.214. The molecule has 1 N–H and O–H groups in total. The monoisotopic (exact) mass is 289 g/mol. The van der Waals surface area contributed by atoms with Gasteiger partial charge in [-0.1, -0.05) is 41.9 Å². The third kappa shape index (κ3) is 2.10. The van der Waals surface area contributed by atoms with Gasteiger partial charge in [0.2, 0.25) is 0 Å². The fourth-order valence-corrected chi connectivity index (χ4v) is 2.43. The van der Waals surface area contributed by atoms with Crippen LogP contribution in [0, 0.1) is 0 Å². The molecule has 0 saturated heterocycles. The number of aliphatic imine (C=N–C) groups is 1. The minimum atomic E-state index is -0.443. The number of hydrogen-bond donors (Lipinski definition) is 1. The number of hydrogen-bond acceptors (Lipinski definition) is 4. The lowest BCUT2D eigenvalue weighted by Crippen LogP contribution is -2.12. The van der Waals surface area contributed by atoms with Gasteiger partial charge in [0.25, 0.3) is 5.91 Å². The topological polar surface area (TPSA) is 67.5 Å². The van der Waals surface area contributed by atoms with Gasteiger partial charge in [0.05, 0.1) is 6.21 Å². The summed E-state index contributed by atoms with van der Waals surface area (Å²) in [5, 5.41) is 7.39. The molecule has 1 aliphatic heterocycles. The Morgan fingerprint density at radius 2 is 2.20 bits per heavy atom. The molecule has 0 aliphatic carbocycles. The maximum absolute atomic E-state index is 11.7. The molecule has 0 spiro atoms. The molecule has 5 nitrogen and oxygen atoms in total. The lowest BCUT2D eigenvalue weighted by Gasteiger charge is -2.11. The Balaban J connectivity index is 2.17. The summed E-state index contributed by atoms with van der Waals surface area (Å²) in [4.78, 5) is 16.0. The van der Waals surface area contributed by atoms with Crippen molar-refractivity contribution in [1.82, 2.24) is 5.16 Å². The zero-order valence-electron chi connectivity index (χ0n) is 10.8. The van der Waals surface area contributed by atoms with Gasteiger partial charge in [-0.3, -0.25) is 9.79 Å². The summed E-state index contributed by atoms with van der Waals surface area (Å²) in [6, 6.07) is 6.92. The lowest BCUT2D eigenvalue weighted by molar-refractivity contribution is -0.109. The van der Waals surface area contributed by atoms with Crippen LogP contribution in [0.5, 0.6) is 0 Å². The Hall–Kier alpha value is -2.14. The minimum absolute atomic E-state index is 0.293. The first-order chi connectivity index (χ1) is 9.70. The van der Waals surface area contributed by atoms with Gasteiger partial charge in [0.15, 0.2) is 5.76 Å². The SMILES string of the molecule is CCc1onc2c1NC(=O)C=NC2c1ccccc1Cl. The van der Waals surface area contributed by atoms with Gasteiger partial charge in [-0.25, -0.2) is 0 Å². The molecule has 1 aromatic heterocycles. The molecule has 0 bridgehead atoms. The Labute approximate surface area is 120 Å². The van der Waals surface area contributed by atoms with Gasteiger partial charge >= 0.3 is 0 Å². The molecule has 20 heavy (non-hydrogen) atoms. The molecule has 1 unspecified atom stereocenters. The van der Waals surface area contributed by atoms with Gasteiger partial charge < -0.3 is 9.84 Å². The molecular formula is C14H12ClN3O2. The van der Waals surface area contributed by atoms with Crippen molar-refractivity contribution in [2.24, 2.45) is 4.99 Å². The number of carbonyl (C=O) groups excluding carboxylic acids is 1. The number of aromatic nitrogens is 1. The summed E-state index contributed by atoms with van der Waals surface area (Å²) in [6.45, 7) is 1.93. The second-order valence-corrected chi connectivity index (χ2v) is 4.82. The van der Waals surface area contributed by atoms with E-state index < -0.39 is 6.04 Å². The first-order valence-electron chi connectivity index (χ1n) is 6.27. The number of nitrogens with zero attached hydrogens (tertiary/aromatic N) is 2. The standard InChI is InChI=1S/C14H12ClN3O2/c1-2-10-13-14(18-20-10)12(16-7-11(19)17-13)8-5-3-4-6-9(8)15/h3-7,12H,2H2,1H3,(H,17,19). The van der Waals surface area contributed by atoms with Crippen molar-refractivity contribution in [3.63, 3.8) is 0 Å². The summed E-state index contributed by atoms with van der Waals surface area (Å²) in [5.74, 6) is 0.342. The Morgan fingerprint density at radius 1 is 1.40 bits per heavy atom. The van der Waals surface area contributed by atoms with Crippen molar-refractivity contribution >= 4 is 29.4 Å². The molecule has 0 fully saturated rings. The third-order valence-corrected chi connectivity index (χ3v) is 3.50. The highest BCUT2D eigenvalue weighted by atomic mass is 35.5. The van der Waals surface area contributed by atoms with Gasteiger partial charge in [0.1, 0.15) is 17.4 Å². The van der Waals surface area contributed by atoms with Crippen LogP contribution < -0.4 is 5.32 Å². The molecule has 1 aliphatic rings. The second kappa shape index (κ2) is 5.09. The predicted molar refractivity (Wildman–Crippen MR) is 76.3 cm³/mol. The van der Waals surface area contributed by atoms with E-state index in [0.717, 1.165) is 5.56 Å². The smallest absolute Gasteiger partial charge is 0.266 e. The van der Waals surface area contributed by atoms with Crippen LogP contribution in [0.25, 0.3) is 0 Å². The highest BCUT2D eigenvalue weighted by Crippen LogP contribution is 2.37. The van der Waals surface area contributed by atoms with Crippen LogP contribution in [0.1, 0.15) is 30.0 Å². The highest BCUT2D eigenvalue weighted by Gasteiger charge is 2.28. The van der Waals surface area contributed by atoms with Crippen LogP contribution in [0.4, 0.5) is 5.69 Å². The van der Waals surface area contributed by atoms with Crippen LogP contribution in [0.2, 0.25) is 5.02 Å². The number of benzene rings is 1. The van der Waals surface area contributed by atoms with E-state index in [9.17, 15) is 4.79 Å². The molecule has 1 atom stereocenters. The quantitative estimate of drug-likeness (QED) is 0.924. The molecular weight excluding hydrogens is 278 g/mol. The van der Waals surface area contributed by atoms with Crippen molar-refractivity contribution in [1.29, 1.82) is 0 Å². The fourth-order valence-electron chi connectivity index (χ4n) is 2.19. The molecule has 0 saturated carbocycles. The number of aryl methyl sites for hydroxylation is 1. The third-order valence-electron chi connectivity index (χ3n) is 3.16. The van der Waals surface area contributed by atoms with Crippen LogP contribution in [0.15, 0.2) is 33.8 Å². The number of amides is 1. The van der Waals surface area contributed by atoms with Gasteiger partial charge in [-0.05, 0) is 6.07 Å². The minimum Gasteiger partial charge on any atom is -0.359 e. The number of fused-ring (bicyclic) bond motifs is 1. The van der Waals surface area contributed by atoms with Gasteiger partial charge in [-0.15, -0.1) is 0 Å². The van der Waals surface area contributed by atoms with E-state index in [2.05, 4.69) is 15.5 Å². The van der Waals surface area contributed by atoms with E-state index >= 15 is 0 Å². The number of anilines is 1. The zero-order chi connectivity index (χ0) is 14.1. The molecule has 3 rings (SSSR count). The van der Waals surface area contributed by atoms with Crippen molar-refractivity contribution < 1.29 is 9.32 Å². The summed E-state index contributed by atoms with van der Waals surface area (Å²) in [7, 11) is 0. The van der Waals surface area contributed by atoms with Crippen LogP contribution in [-0.2, 0) is 11.2 Å². The molecule has 0 radical (unpaired) electrons. The van der Waals surface area contributed by atoms with Crippen molar-refractivity contribution in [2.75, 3.05) is 5.32 Å². The summed E-state index contributed by atoms with van der Waals surface area (Å²) < 4.78 is 5.28. The molecule has 1 amide bonds. The first kappa shape index (κ1) is 12.9. The summed E-state index contributed by atoms with van der Waals surface area (Å²) >= 11 is 6.22. The lowest BCUT2D eigenvalue weighted by atomic mass is 10.0. The molecule has 2 aromatic rings. The normalized spacial score (nSPS) is 17.5. The Kier molecular flexibility index (Phi) is 3.28. The van der Waals surface area contributed by atoms with Crippen molar-refractivity contribution in [3.05, 3.63) is 46.3 Å². The van der Waals surface area contributed by atoms with Crippen molar-refractivity contribution in [3.8, 4) is 0 Å². The first-order valence-corrected chi connectivity index (χ1v) is 6.65. The summed E-state index contributed by atoms with van der Waals surface area (Å²) in [6.07, 6.45) is 1.90. The van der Waals surface area contributed by atoms with E-state index in [0.29, 0.717) is 28.6 Å². The average molecular weight is 290 g/mol. The molecule has 2 heterocycles. The van der Waals surface area contributed by atoms with Crippen molar-refractivity contribution in [2.45, 2.75) is 19.4 Å². The predicted octanol–water partition coefficient (Wildman–Crippen LogP) is 3.00. The second-order valence-electron chi connectivity index (χ2n) is 4.41. The zero-order valence-corrected chi connectivity index (χ0v) is 11.5. The van der Waals surface area contributed by atoms with E-state index in [1.54, 1.807) is 6.07 Å². The van der Waals surface area contributed by atoms with E-state index in [1.165, 1.54) is 6.21 Å². The average Bonchev–Trinajstić information content (AvgIpc) is 2.76. The van der Waals surface area contributed by atoms with Crippen LogP contribution in [0.3, 0.4) is 0 Å². The van der Waals surface area contributed by atoms with Crippen LogP contribution >= 0.6 is 11.6 Å². The van der Waals surface area contributed by atoms with Gasteiger partial charge in [-0.2, -0.15) is 0 Å². The van der Waals surface area contributed by atoms with E-state index in [1.807, 2.05) is 25.1 Å². The summed E-state index contributed by atoms with van der Waals surface area (Å²) in [5.41, 5.74) is 1.97. The number of carbonyl (C=O) groups is 1. The largest absolute Gasteiger partial charge is 0.359 e.